The van der Waals surface area contributed by atoms with E-state index in [2.05, 4.69) is 43.5 Å². The third-order valence-corrected chi connectivity index (χ3v) is 14.0. The first kappa shape index (κ1) is 66.9. The largest absolute Gasteiger partial charge is 0.466 e. The average Bonchev–Trinajstić information content (AvgIpc) is 3.37. The quantitative estimate of drug-likeness (QED) is 0.0195. The van der Waals surface area contributed by atoms with Gasteiger partial charge in [0.1, 0.15) is 24.4 Å². The van der Waals surface area contributed by atoms with Crippen molar-refractivity contribution in [3.05, 3.63) is 36.5 Å². The van der Waals surface area contributed by atoms with Crippen LogP contribution in [0.25, 0.3) is 0 Å². The van der Waals surface area contributed by atoms with Crippen molar-refractivity contribution in [1.82, 2.24) is 5.32 Å². The van der Waals surface area contributed by atoms with Gasteiger partial charge in [0.25, 0.3) is 0 Å². The highest BCUT2D eigenvalue weighted by atomic mass is 16.7. The Morgan fingerprint density at radius 3 is 1.39 bits per heavy atom. The van der Waals surface area contributed by atoms with Crippen molar-refractivity contribution in [2.24, 2.45) is 0 Å². The molecule has 1 rings (SSSR count). The van der Waals surface area contributed by atoms with Gasteiger partial charge < -0.3 is 45.1 Å². The van der Waals surface area contributed by atoms with Crippen LogP contribution in [0, 0.1) is 0 Å². The molecule has 1 aliphatic heterocycles. The number of aliphatic hydroxyl groups is 5. The smallest absolute Gasteiger partial charge is 0.305 e. The number of hydrogen-bond acceptors (Lipinski definition) is 10. The standard InChI is InChI=1S/C60H111NO10/c1-3-5-7-9-11-13-15-16-23-27-30-34-38-42-46-53(63)52(51-70-60-59(68)58(67)57(66)54(50-62)71-60)61-55(64)47-43-39-35-31-28-24-21-19-17-18-20-22-25-29-33-37-41-45-49-69-56(65)48-44-40-36-32-26-14-12-10-8-6-4-2/h13,15,27,30,42,46,52-54,57-60,62-63,66-68H,3-12,14,16-26,28-29,31-41,43-45,47-51H2,1-2H3,(H,61,64)/b15-13+,30-27+,46-42+. The van der Waals surface area contributed by atoms with Gasteiger partial charge in [-0.3, -0.25) is 9.59 Å². The van der Waals surface area contributed by atoms with Gasteiger partial charge in [-0.1, -0.05) is 237 Å². The minimum Gasteiger partial charge on any atom is -0.466 e. The monoisotopic (exact) mass is 1010 g/mol. The lowest BCUT2D eigenvalue weighted by molar-refractivity contribution is -0.302. The fourth-order valence-corrected chi connectivity index (χ4v) is 9.23. The summed E-state index contributed by atoms with van der Waals surface area (Å²) >= 11 is 0. The molecule has 1 amide bonds. The van der Waals surface area contributed by atoms with E-state index in [4.69, 9.17) is 14.2 Å². The first-order chi connectivity index (χ1) is 34.7. The molecule has 1 fully saturated rings. The topological polar surface area (TPSA) is 175 Å². The minimum absolute atomic E-state index is 0.00996. The van der Waals surface area contributed by atoms with Crippen molar-refractivity contribution in [2.75, 3.05) is 19.8 Å². The molecule has 11 heteroatoms. The van der Waals surface area contributed by atoms with E-state index in [1.807, 2.05) is 6.08 Å². The highest BCUT2D eigenvalue weighted by Crippen LogP contribution is 2.23. The predicted molar refractivity (Wildman–Crippen MR) is 292 cm³/mol. The zero-order chi connectivity index (χ0) is 51.7. The second-order valence-corrected chi connectivity index (χ2v) is 20.7. The molecule has 1 saturated heterocycles. The molecular weight excluding hydrogens is 895 g/mol. The molecule has 0 saturated carbocycles. The first-order valence-corrected chi connectivity index (χ1v) is 29.8. The number of esters is 1. The summed E-state index contributed by atoms with van der Waals surface area (Å²) < 4.78 is 16.7. The Hall–Kier alpha value is -2.12. The lowest BCUT2D eigenvalue weighted by Crippen LogP contribution is -2.60. The van der Waals surface area contributed by atoms with Gasteiger partial charge in [-0.05, 0) is 57.8 Å². The first-order valence-electron chi connectivity index (χ1n) is 29.8. The summed E-state index contributed by atoms with van der Waals surface area (Å²) in [7, 11) is 0. The summed E-state index contributed by atoms with van der Waals surface area (Å²) in [6, 6.07) is -0.837. The van der Waals surface area contributed by atoms with Crippen LogP contribution in [0.2, 0.25) is 0 Å². The van der Waals surface area contributed by atoms with E-state index in [9.17, 15) is 35.1 Å². The van der Waals surface area contributed by atoms with Crippen molar-refractivity contribution in [1.29, 1.82) is 0 Å². The van der Waals surface area contributed by atoms with E-state index in [1.165, 1.54) is 161 Å². The van der Waals surface area contributed by atoms with Crippen molar-refractivity contribution in [3.63, 3.8) is 0 Å². The van der Waals surface area contributed by atoms with Crippen molar-refractivity contribution < 1.29 is 49.3 Å². The molecule has 7 atom stereocenters. The lowest BCUT2D eigenvalue weighted by Gasteiger charge is -2.40. The number of ether oxygens (including phenoxy) is 3. The maximum Gasteiger partial charge on any atom is 0.305 e. The third kappa shape index (κ3) is 39.9. The Bertz CT molecular complexity index is 1280. The fourth-order valence-electron chi connectivity index (χ4n) is 9.23. The molecule has 0 radical (unpaired) electrons. The molecule has 6 N–H and O–H groups in total. The zero-order valence-corrected chi connectivity index (χ0v) is 45.7. The number of rotatable bonds is 51. The summed E-state index contributed by atoms with van der Waals surface area (Å²) in [5.74, 6) is -0.210. The second kappa shape index (κ2) is 50.1. The number of aliphatic hydroxyl groups excluding tert-OH is 5. The van der Waals surface area contributed by atoms with Crippen LogP contribution in [-0.2, 0) is 23.8 Å². The molecule has 7 unspecified atom stereocenters. The molecular formula is C60H111NO10. The van der Waals surface area contributed by atoms with Gasteiger partial charge in [0.05, 0.1) is 32.0 Å². The molecule has 1 aliphatic rings. The van der Waals surface area contributed by atoms with E-state index in [-0.39, 0.29) is 18.5 Å². The zero-order valence-electron chi connectivity index (χ0n) is 45.7. The Morgan fingerprint density at radius 1 is 0.507 bits per heavy atom. The van der Waals surface area contributed by atoms with Crippen LogP contribution < -0.4 is 5.32 Å². The maximum atomic E-state index is 13.0. The van der Waals surface area contributed by atoms with E-state index in [0.717, 1.165) is 83.5 Å². The number of unbranched alkanes of at least 4 members (excludes halogenated alkanes) is 33. The highest BCUT2D eigenvalue weighted by molar-refractivity contribution is 5.76. The highest BCUT2D eigenvalue weighted by Gasteiger charge is 2.44. The van der Waals surface area contributed by atoms with Crippen molar-refractivity contribution in [3.8, 4) is 0 Å². The minimum atomic E-state index is -1.58. The van der Waals surface area contributed by atoms with E-state index in [1.54, 1.807) is 6.08 Å². The number of carbonyl (C=O) groups is 2. The second-order valence-electron chi connectivity index (χ2n) is 20.7. The molecule has 0 aliphatic carbocycles. The van der Waals surface area contributed by atoms with Crippen molar-refractivity contribution >= 4 is 11.9 Å². The lowest BCUT2D eigenvalue weighted by atomic mass is 9.99. The molecule has 11 nitrogen and oxygen atoms in total. The van der Waals surface area contributed by atoms with Gasteiger partial charge in [0, 0.05) is 12.8 Å². The van der Waals surface area contributed by atoms with Crippen LogP contribution in [-0.4, -0.2) is 100 Å². The number of nitrogens with one attached hydrogen (secondary N) is 1. The van der Waals surface area contributed by atoms with Gasteiger partial charge in [0.15, 0.2) is 6.29 Å². The molecule has 71 heavy (non-hydrogen) atoms. The van der Waals surface area contributed by atoms with Crippen molar-refractivity contribution in [2.45, 2.75) is 314 Å². The SMILES string of the molecule is CCCCCC/C=C/CC/C=C/CC/C=C/C(O)C(COC1OC(CO)C(O)C(O)C1O)NC(=O)CCCCCCCCCCCCCCCCCCCCOC(=O)CCCCCCCCCCCCC. The Kier molecular flexibility index (Phi) is 47.2. The summed E-state index contributed by atoms with van der Waals surface area (Å²) in [5, 5.41) is 54.4. The van der Waals surface area contributed by atoms with Crippen LogP contribution in [0.4, 0.5) is 0 Å². The van der Waals surface area contributed by atoms with Crippen LogP contribution in [0.1, 0.15) is 271 Å². The molecule has 0 spiro atoms. The number of hydrogen-bond donors (Lipinski definition) is 6. The molecule has 0 aromatic heterocycles. The summed E-state index contributed by atoms with van der Waals surface area (Å²) in [4.78, 5) is 25.1. The maximum absolute atomic E-state index is 13.0. The van der Waals surface area contributed by atoms with Crippen LogP contribution in [0.5, 0.6) is 0 Å². The summed E-state index contributed by atoms with van der Waals surface area (Å²) in [5.41, 5.74) is 0. The molecule has 0 aromatic rings. The van der Waals surface area contributed by atoms with Gasteiger partial charge in [-0.15, -0.1) is 0 Å². The summed E-state index contributed by atoms with van der Waals surface area (Å²) in [6.07, 6.45) is 50.8. The van der Waals surface area contributed by atoms with E-state index < -0.39 is 49.5 Å². The van der Waals surface area contributed by atoms with E-state index >= 15 is 0 Å². The Labute approximate surface area is 434 Å². The molecule has 0 bridgehead atoms. The third-order valence-electron chi connectivity index (χ3n) is 14.0. The number of allylic oxidation sites excluding steroid dienone is 5. The van der Waals surface area contributed by atoms with Gasteiger partial charge in [-0.2, -0.15) is 0 Å². The Morgan fingerprint density at radius 2 is 0.915 bits per heavy atom. The van der Waals surface area contributed by atoms with Gasteiger partial charge in [-0.25, -0.2) is 0 Å². The van der Waals surface area contributed by atoms with Crippen LogP contribution in [0.15, 0.2) is 36.5 Å². The van der Waals surface area contributed by atoms with E-state index in [0.29, 0.717) is 19.4 Å². The van der Waals surface area contributed by atoms with Crippen LogP contribution in [0.3, 0.4) is 0 Å². The van der Waals surface area contributed by atoms with Gasteiger partial charge in [0.2, 0.25) is 5.91 Å². The average molecular weight is 1010 g/mol. The molecule has 416 valence electrons. The van der Waals surface area contributed by atoms with Crippen LogP contribution >= 0.6 is 0 Å². The molecule has 1 heterocycles. The number of amides is 1. The predicted octanol–water partition coefficient (Wildman–Crippen LogP) is 13.5. The molecule has 0 aromatic carbocycles. The Balaban J connectivity index is 2.12. The van der Waals surface area contributed by atoms with Gasteiger partial charge >= 0.3 is 5.97 Å². The normalized spacial score (nSPS) is 19.3. The fraction of sp³-hybridized carbons (Fsp3) is 0.867. The summed E-state index contributed by atoms with van der Waals surface area (Å²) in [6.45, 7) is 4.29. The number of carbonyl (C=O) groups excluding carboxylic acids is 2.